The van der Waals surface area contributed by atoms with Crippen LogP contribution in [0.2, 0.25) is 0 Å². The molecule has 0 radical (unpaired) electrons. The van der Waals surface area contributed by atoms with Crippen LogP contribution in [0, 0.1) is 0 Å². The first kappa shape index (κ1) is 21.1. The monoisotopic (exact) mass is 444 g/mol. The number of thiophene rings is 1. The molecule has 2 aromatic heterocycles. The van der Waals surface area contributed by atoms with Crippen molar-refractivity contribution in [1.82, 2.24) is 10.3 Å². The molecular weight excluding hydrogens is 425 g/mol. The molecule has 0 aliphatic heterocycles. The number of halogens is 3. The van der Waals surface area contributed by atoms with Gasteiger partial charge in [-0.25, -0.2) is 4.98 Å². The highest BCUT2D eigenvalue weighted by Crippen LogP contribution is 2.34. The summed E-state index contributed by atoms with van der Waals surface area (Å²) >= 11 is 1.57. The fourth-order valence-electron chi connectivity index (χ4n) is 3.34. The number of fused-ring (bicyclic) bond motifs is 1. The number of rotatable bonds is 6. The summed E-state index contributed by atoms with van der Waals surface area (Å²) in [5.74, 6) is 0.383. The van der Waals surface area contributed by atoms with Crippen LogP contribution in [0.1, 0.15) is 16.7 Å². The lowest BCUT2D eigenvalue weighted by molar-refractivity contribution is -0.137. The number of benzene rings is 2. The van der Waals surface area contributed by atoms with Crippen molar-refractivity contribution in [3.63, 3.8) is 0 Å². The summed E-state index contributed by atoms with van der Waals surface area (Å²) in [6.07, 6.45) is -4.34. The number of aromatic hydroxyl groups is 1. The quantitative estimate of drug-likeness (QED) is 0.384. The van der Waals surface area contributed by atoms with Gasteiger partial charge in [0, 0.05) is 35.5 Å². The first-order valence-corrected chi connectivity index (χ1v) is 10.4. The van der Waals surface area contributed by atoms with E-state index >= 15 is 0 Å². The number of hydrogen-bond donors (Lipinski definition) is 2. The van der Waals surface area contributed by atoms with Gasteiger partial charge in [0.15, 0.2) is 11.5 Å². The summed E-state index contributed by atoms with van der Waals surface area (Å²) in [6.45, 7) is 0.870. The average molecular weight is 444 g/mol. The van der Waals surface area contributed by atoms with E-state index in [9.17, 15) is 18.3 Å². The summed E-state index contributed by atoms with van der Waals surface area (Å²) in [7, 11) is 1.49. The summed E-state index contributed by atoms with van der Waals surface area (Å²) < 4.78 is 43.4. The molecule has 2 aromatic carbocycles. The van der Waals surface area contributed by atoms with Gasteiger partial charge < -0.3 is 15.2 Å². The molecular formula is C23H19F3N2O2S. The van der Waals surface area contributed by atoms with Crippen molar-refractivity contribution in [3.05, 3.63) is 76.0 Å². The predicted molar refractivity (Wildman–Crippen MR) is 115 cm³/mol. The van der Waals surface area contributed by atoms with Gasteiger partial charge in [-0.3, -0.25) is 0 Å². The maximum atomic E-state index is 12.7. The lowest BCUT2D eigenvalue weighted by Gasteiger charge is -2.13. The topological polar surface area (TPSA) is 54.4 Å². The number of methoxy groups -OCH3 is 1. The Morgan fingerprint density at radius 2 is 1.84 bits per heavy atom. The van der Waals surface area contributed by atoms with Gasteiger partial charge >= 0.3 is 6.18 Å². The van der Waals surface area contributed by atoms with Crippen LogP contribution < -0.4 is 10.1 Å². The highest BCUT2D eigenvalue weighted by Gasteiger charge is 2.29. The van der Waals surface area contributed by atoms with Crippen LogP contribution in [0.25, 0.3) is 22.2 Å². The minimum Gasteiger partial charge on any atom is -0.504 e. The van der Waals surface area contributed by atoms with Crippen LogP contribution in [0.4, 0.5) is 13.2 Å². The van der Waals surface area contributed by atoms with Crippen LogP contribution in [-0.2, 0) is 19.3 Å². The molecule has 0 saturated heterocycles. The van der Waals surface area contributed by atoms with Crippen molar-refractivity contribution in [2.45, 2.75) is 19.3 Å². The van der Waals surface area contributed by atoms with E-state index in [1.54, 1.807) is 23.5 Å². The Kier molecular flexibility index (Phi) is 5.84. The first-order valence-electron chi connectivity index (χ1n) is 9.45. The molecule has 0 unspecified atom stereocenters. The van der Waals surface area contributed by atoms with E-state index in [1.807, 2.05) is 22.9 Å². The Bertz CT molecular complexity index is 1190. The molecule has 160 valence electrons. The molecule has 0 fully saturated rings. The minimum absolute atomic E-state index is 0.0312. The van der Waals surface area contributed by atoms with Gasteiger partial charge in [-0.15, -0.1) is 0 Å². The van der Waals surface area contributed by atoms with E-state index in [0.29, 0.717) is 24.4 Å². The maximum absolute atomic E-state index is 12.7. The second kappa shape index (κ2) is 8.56. The predicted octanol–water partition coefficient (Wildman–Crippen LogP) is 5.99. The largest absolute Gasteiger partial charge is 0.504 e. The molecule has 2 N–H and O–H groups in total. The van der Waals surface area contributed by atoms with Gasteiger partial charge in [0.25, 0.3) is 0 Å². The van der Waals surface area contributed by atoms with Crippen LogP contribution in [-0.4, -0.2) is 17.2 Å². The molecule has 0 amide bonds. The second-order valence-electron chi connectivity index (χ2n) is 7.02. The summed E-state index contributed by atoms with van der Waals surface area (Å²) in [6, 6.07) is 12.3. The number of aromatic nitrogens is 1. The van der Waals surface area contributed by atoms with Gasteiger partial charge in [-0.2, -0.15) is 24.5 Å². The summed E-state index contributed by atoms with van der Waals surface area (Å²) in [4.78, 5) is 4.78. The normalized spacial score (nSPS) is 11.7. The molecule has 2 heterocycles. The third-order valence-corrected chi connectivity index (χ3v) is 5.60. The lowest BCUT2D eigenvalue weighted by Crippen LogP contribution is -2.14. The molecule has 0 aliphatic rings. The second-order valence-corrected chi connectivity index (χ2v) is 7.80. The van der Waals surface area contributed by atoms with E-state index in [1.165, 1.54) is 19.2 Å². The fourth-order valence-corrected chi connectivity index (χ4v) is 3.98. The van der Waals surface area contributed by atoms with Gasteiger partial charge in [-0.05, 0) is 46.8 Å². The molecule has 4 aromatic rings. The van der Waals surface area contributed by atoms with E-state index < -0.39 is 11.7 Å². The zero-order valence-corrected chi connectivity index (χ0v) is 17.3. The molecule has 0 spiro atoms. The van der Waals surface area contributed by atoms with Gasteiger partial charge in [0.1, 0.15) is 0 Å². The zero-order valence-electron chi connectivity index (χ0n) is 16.5. The highest BCUT2D eigenvalue weighted by atomic mass is 32.1. The first-order chi connectivity index (χ1) is 14.8. The number of nitrogens with zero attached hydrogens (tertiary/aromatic N) is 1. The van der Waals surface area contributed by atoms with Gasteiger partial charge in [0.2, 0.25) is 0 Å². The fraction of sp³-hybridized carbons (Fsp3) is 0.174. The van der Waals surface area contributed by atoms with Crippen LogP contribution in [0.5, 0.6) is 11.5 Å². The molecule has 4 rings (SSSR count). The van der Waals surface area contributed by atoms with Gasteiger partial charge in [0.05, 0.1) is 23.9 Å². The Morgan fingerprint density at radius 3 is 2.48 bits per heavy atom. The number of hydrogen-bond acceptors (Lipinski definition) is 5. The van der Waals surface area contributed by atoms with E-state index in [2.05, 4.69) is 5.32 Å². The number of nitrogens with one attached hydrogen (secondary N) is 1. The number of ether oxygens (including phenoxy) is 1. The molecule has 8 heteroatoms. The Hall–Kier alpha value is -3.10. The molecule has 0 bridgehead atoms. The molecule has 31 heavy (non-hydrogen) atoms. The van der Waals surface area contributed by atoms with Gasteiger partial charge in [-0.1, -0.05) is 12.1 Å². The zero-order chi connectivity index (χ0) is 22.0. The van der Waals surface area contributed by atoms with E-state index in [4.69, 9.17) is 9.72 Å². The summed E-state index contributed by atoms with van der Waals surface area (Å²) in [5, 5.41) is 18.1. The van der Waals surface area contributed by atoms with Crippen LogP contribution in [0.3, 0.4) is 0 Å². The number of pyridine rings is 1. The van der Waals surface area contributed by atoms with Crippen molar-refractivity contribution < 1.29 is 23.0 Å². The Balaban J connectivity index is 1.59. The Labute approximate surface area is 181 Å². The molecule has 4 nitrogen and oxygen atoms in total. The number of alkyl halides is 3. The highest BCUT2D eigenvalue weighted by molar-refractivity contribution is 7.08. The number of phenols is 1. The van der Waals surface area contributed by atoms with Crippen molar-refractivity contribution in [3.8, 4) is 22.8 Å². The SMILES string of the molecule is COc1cc2nc(-c3ccsc3)c(CNCc3ccc(C(F)(F)F)cc3)cc2cc1O. The Morgan fingerprint density at radius 1 is 1.06 bits per heavy atom. The van der Waals surface area contributed by atoms with Crippen LogP contribution >= 0.6 is 11.3 Å². The third-order valence-electron chi connectivity index (χ3n) is 4.91. The van der Waals surface area contributed by atoms with E-state index in [0.717, 1.165) is 39.9 Å². The smallest absolute Gasteiger partial charge is 0.416 e. The minimum atomic E-state index is -4.34. The van der Waals surface area contributed by atoms with Crippen molar-refractivity contribution >= 4 is 22.2 Å². The third kappa shape index (κ3) is 4.65. The van der Waals surface area contributed by atoms with E-state index in [-0.39, 0.29) is 5.75 Å². The molecule has 0 atom stereocenters. The van der Waals surface area contributed by atoms with Crippen molar-refractivity contribution in [2.24, 2.45) is 0 Å². The average Bonchev–Trinajstić information content (AvgIpc) is 3.27. The summed E-state index contributed by atoms with van der Waals surface area (Å²) in [5.41, 5.74) is 3.49. The van der Waals surface area contributed by atoms with Crippen molar-refractivity contribution in [2.75, 3.05) is 7.11 Å². The van der Waals surface area contributed by atoms with Crippen LogP contribution in [0.15, 0.2) is 59.3 Å². The number of phenolic OH excluding ortho intramolecular Hbond substituents is 1. The standard InChI is InChI=1S/C23H19F3N2O2S/c1-30-21-10-19-16(9-20(21)29)8-17(22(28-19)15-6-7-31-13-15)12-27-11-14-2-4-18(5-3-14)23(24,25)26/h2-10,13,27,29H,11-12H2,1H3. The maximum Gasteiger partial charge on any atom is 0.416 e. The van der Waals surface area contributed by atoms with Crippen molar-refractivity contribution in [1.29, 1.82) is 0 Å². The lowest BCUT2D eigenvalue weighted by atomic mass is 10.0. The molecule has 0 aliphatic carbocycles. The molecule has 0 saturated carbocycles.